The topological polar surface area (TPSA) is 0 Å². The van der Waals surface area contributed by atoms with Gasteiger partial charge in [0.05, 0.1) is 0 Å². The summed E-state index contributed by atoms with van der Waals surface area (Å²) in [5, 5.41) is 3.57. The van der Waals surface area contributed by atoms with Crippen molar-refractivity contribution in [2.75, 3.05) is 0 Å². The van der Waals surface area contributed by atoms with Crippen LogP contribution >= 0.6 is 11.3 Å². The second-order valence-corrected chi connectivity index (χ2v) is 4.61. The van der Waals surface area contributed by atoms with Gasteiger partial charge in [-0.2, -0.15) is 0 Å². The number of fused-ring (bicyclic) bond motifs is 1. The first-order valence-corrected chi connectivity index (χ1v) is 5.77. The summed E-state index contributed by atoms with van der Waals surface area (Å²) in [6, 6.07) is 8.76. The first kappa shape index (κ1) is 9.47. The predicted octanol–water partition coefficient (Wildman–Crippen LogP) is 4.27. The fourth-order valence-corrected chi connectivity index (χ4v) is 2.50. The summed E-state index contributed by atoms with van der Waals surface area (Å²) in [6.07, 6.45) is 3.11. The molecule has 0 spiro atoms. The van der Waals surface area contributed by atoms with Crippen LogP contribution in [0.5, 0.6) is 0 Å². The van der Waals surface area contributed by atoms with E-state index in [-0.39, 0.29) is 0 Å². The summed E-state index contributed by atoms with van der Waals surface area (Å²) in [7, 11) is 0. The third-order valence-corrected chi connectivity index (χ3v) is 3.41. The van der Waals surface area contributed by atoms with Crippen LogP contribution in [0.3, 0.4) is 0 Å². The second kappa shape index (κ2) is 3.97. The molecular weight excluding hydrogens is 188 g/mol. The Hall–Kier alpha value is -1.08. The third kappa shape index (κ3) is 1.73. The zero-order valence-electron chi connectivity index (χ0n) is 8.36. The van der Waals surface area contributed by atoms with E-state index < -0.39 is 0 Å². The van der Waals surface area contributed by atoms with Crippen LogP contribution in [0.25, 0.3) is 10.1 Å². The molecule has 1 unspecified atom stereocenters. The largest absolute Gasteiger partial charge is 0.144 e. The first-order chi connectivity index (χ1) is 6.81. The lowest BCUT2D eigenvalue weighted by Gasteiger charge is -2.06. The summed E-state index contributed by atoms with van der Waals surface area (Å²) in [6.45, 7) is 6.03. The van der Waals surface area contributed by atoms with Gasteiger partial charge in [0.25, 0.3) is 0 Å². The molecule has 0 N–H and O–H groups in total. The fourth-order valence-electron chi connectivity index (χ4n) is 1.66. The molecule has 2 rings (SSSR count). The van der Waals surface area contributed by atoms with Gasteiger partial charge in [-0.3, -0.25) is 0 Å². The molecule has 1 heteroatoms. The molecule has 1 aromatic carbocycles. The fraction of sp³-hybridized carbons (Fsp3) is 0.231. The van der Waals surface area contributed by atoms with Gasteiger partial charge in [-0.15, -0.1) is 17.9 Å². The number of rotatable bonds is 3. The van der Waals surface area contributed by atoms with Crippen molar-refractivity contribution in [2.45, 2.75) is 13.3 Å². The van der Waals surface area contributed by atoms with Gasteiger partial charge in [0.1, 0.15) is 0 Å². The van der Waals surface area contributed by atoms with Crippen molar-refractivity contribution in [1.82, 2.24) is 0 Å². The second-order valence-electron chi connectivity index (χ2n) is 3.67. The summed E-state index contributed by atoms with van der Waals surface area (Å²) in [5.74, 6) is 0.556. The van der Waals surface area contributed by atoms with Crippen LogP contribution in [0.2, 0.25) is 0 Å². The average molecular weight is 202 g/mol. The quantitative estimate of drug-likeness (QED) is 0.652. The van der Waals surface area contributed by atoms with E-state index in [4.69, 9.17) is 0 Å². The normalized spacial score (nSPS) is 12.9. The van der Waals surface area contributed by atoms with E-state index in [1.54, 1.807) is 0 Å². The zero-order valence-corrected chi connectivity index (χ0v) is 9.18. The van der Waals surface area contributed by atoms with Crippen LogP contribution in [-0.2, 0) is 6.42 Å². The molecule has 0 radical (unpaired) electrons. The molecule has 0 saturated heterocycles. The van der Waals surface area contributed by atoms with E-state index in [1.807, 2.05) is 17.4 Å². The van der Waals surface area contributed by atoms with E-state index in [0.717, 1.165) is 6.42 Å². The highest BCUT2D eigenvalue weighted by molar-refractivity contribution is 7.17. The molecule has 0 aliphatic rings. The number of thiophene rings is 1. The van der Waals surface area contributed by atoms with E-state index in [9.17, 15) is 0 Å². The van der Waals surface area contributed by atoms with Crippen LogP contribution in [0.4, 0.5) is 0 Å². The van der Waals surface area contributed by atoms with Crippen molar-refractivity contribution in [3.05, 3.63) is 47.9 Å². The standard InChI is InChI=1S/C13H14S/c1-3-10(2)9-11-5-4-6-13-12(11)7-8-14-13/h3-8,10H,1,9H2,2H3. The van der Waals surface area contributed by atoms with Gasteiger partial charge in [-0.1, -0.05) is 25.1 Å². The molecule has 0 bridgehead atoms. The van der Waals surface area contributed by atoms with Crippen LogP contribution in [0.1, 0.15) is 12.5 Å². The van der Waals surface area contributed by atoms with Crippen molar-refractivity contribution >= 4 is 21.4 Å². The molecule has 0 amide bonds. The molecule has 14 heavy (non-hydrogen) atoms. The van der Waals surface area contributed by atoms with Gasteiger partial charge in [0.2, 0.25) is 0 Å². The highest BCUT2D eigenvalue weighted by Gasteiger charge is 2.04. The number of benzene rings is 1. The summed E-state index contributed by atoms with van der Waals surface area (Å²) in [5.41, 5.74) is 1.44. The molecule has 2 aromatic rings. The van der Waals surface area contributed by atoms with Gasteiger partial charge in [0.15, 0.2) is 0 Å². The first-order valence-electron chi connectivity index (χ1n) is 4.89. The molecule has 1 atom stereocenters. The Bertz CT molecular complexity index is 439. The summed E-state index contributed by atoms with van der Waals surface area (Å²) >= 11 is 1.81. The molecule has 0 aliphatic carbocycles. The van der Waals surface area contributed by atoms with Crippen molar-refractivity contribution < 1.29 is 0 Å². The van der Waals surface area contributed by atoms with E-state index >= 15 is 0 Å². The van der Waals surface area contributed by atoms with E-state index in [0.29, 0.717) is 5.92 Å². The van der Waals surface area contributed by atoms with E-state index in [1.165, 1.54) is 15.6 Å². The number of hydrogen-bond acceptors (Lipinski definition) is 1. The van der Waals surface area contributed by atoms with Crippen molar-refractivity contribution in [2.24, 2.45) is 5.92 Å². The minimum absolute atomic E-state index is 0.556. The lowest BCUT2D eigenvalue weighted by atomic mass is 9.99. The van der Waals surface area contributed by atoms with Gasteiger partial charge in [-0.25, -0.2) is 0 Å². The number of hydrogen-bond donors (Lipinski definition) is 0. The molecule has 72 valence electrons. The van der Waals surface area contributed by atoms with Gasteiger partial charge in [-0.05, 0) is 40.8 Å². The Morgan fingerprint density at radius 1 is 1.43 bits per heavy atom. The molecule has 1 aromatic heterocycles. The van der Waals surface area contributed by atoms with Crippen LogP contribution < -0.4 is 0 Å². The number of allylic oxidation sites excluding steroid dienone is 1. The summed E-state index contributed by atoms with van der Waals surface area (Å²) in [4.78, 5) is 0. The predicted molar refractivity (Wildman–Crippen MR) is 64.9 cm³/mol. The van der Waals surface area contributed by atoms with Crippen LogP contribution in [-0.4, -0.2) is 0 Å². The van der Waals surface area contributed by atoms with Gasteiger partial charge in [0, 0.05) is 4.70 Å². The Kier molecular flexibility index (Phi) is 2.69. The third-order valence-electron chi connectivity index (χ3n) is 2.53. The Labute approximate surface area is 88.9 Å². The molecule has 0 aliphatic heterocycles. The minimum Gasteiger partial charge on any atom is -0.144 e. The SMILES string of the molecule is C=CC(C)Cc1cccc2sccc12. The van der Waals surface area contributed by atoms with E-state index in [2.05, 4.69) is 43.1 Å². The van der Waals surface area contributed by atoms with Crippen molar-refractivity contribution in [1.29, 1.82) is 0 Å². The molecule has 0 saturated carbocycles. The van der Waals surface area contributed by atoms with Crippen LogP contribution in [0, 0.1) is 5.92 Å². The Morgan fingerprint density at radius 3 is 3.07 bits per heavy atom. The molecular formula is C13H14S. The highest BCUT2D eigenvalue weighted by Crippen LogP contribution is 2.25. The smallest absolute Gasteiger partial charge is 0.0345 e. The Morgan fingerprint density at radius 2 is 2.29 bits per heavy atom. The maximum atomic E-state index is 3.83. The van der Waals surface area contributed by atoms with Crippen molar-refractivity contribution in [3.8, 4) is 0 Å². The molecule has 0 nitrogen and oxygen atoms in total. The zero-order chi connectivity index (χ0) is 9.97. The lowest BCUT2D eigenvalue weighted by Crippen LogP contribution is -1.95. The van der Waals surface area contributed by atoms with Crippen LogP contribution in [0.15, 0.2) is 42.3 Å². The maximum absolute atomic E-state index is 3.83. The maximum Gasteiger partial charge on any atom is 0.0345 e. The summed E-state index contributed by atoms with van der Waals surface area (Å²) < 4.78 is 1.39. The van der Waals surface area contributed by atoms with Gasteiger partial charge < -0.3 is 0 Å². The Balaban J connectivity index is 2.41. The lowest BCUT2D eigenvalue weighted by molar-refractivity contribution is 0.729. The molecule has 1 heterocycles. The van der Waals surface area contributed by atoms with Gasteiger partial charge >= 0.3 is 0 Å². The minimum atomic E-state index is 0.556. The average Bonchev–Trinajstić information content (AvgIpc) is 2.66. The molecule has 0 fully saturated rings. The monoisotopic (exact) mass is 202 g/mol. The van der Waals surface area contributed by atoms with Crippen molar-refractivity contribution in [3.63, 3.8) is 0 Å². The highest BCUT2D eigenvalue weighted by atomic mass is 32.1.